The first-order chi connectivity index (χ1) is 16.8. The third-order valence-electron chi connectivity index (χ3n) is 6.09. The van der Waals surface area contributed by atoms with Gasteiger partial charge in [-0.3, -0.25) is 20.3 Å². The highest BCUT2D eigenvalue weighted by molar-refractivity contribution is 7.22. The van der Waals surface area contributed by atoms with Gasteiger partial charge in [-0.15, -0.1) is 0 Å². The minimum atomic E-state index is -4.81. The molecule has 0 aliphatic carbocycles. The van der Waals surface area contributed by atoms with Gasteiger partial charge >= 0.3 is 6.18 Å². The number of aromatic nitrogens is 1. The van der Waals surface area contributed by atoms with Gasteiger partial charge in [0.2, 0.25) is 0 Å². The van der Waals surface area contributed by atoms with Gasteiger partial charge in [0, 0.05) is 38.8 Å². The number of hydrazine groups is 1. The van der Waals surface area contributed by atoms with Gasteiger partial charge < -0.3 is 4.90 Å². The minimum Gasteiger partial charge on any atom is -0.345 e. The largest absolute Gasteiger partial charge is 0.416 e. The van der Waals surface area contributed by atoms with Crippen LogP contribution in [0.3, 0.4) is 0 Å². The number of hydrogen-bond acceptors (Lipinski definition) is 8. The van der Waals surface area contributed by atoms with Crippen molar-refractivity contribution in [3.63, 3.8) is 0 Å². The monoisotopic (exact) mass is 521 g/mol. The summed E-state index contributed by atoms with van der Waals surface area (Å²) in [6, 6.07) is 9.54. The molecule has 0 spiro atoms. The average Bonchev–Trinajstić information content (AvgIpc) is 2.81. The summed E-state index contributed by atoms with van der Waals surface area (Å²) in [6.45, 7) is 9.36. The Balaban J connectivity index is 1.46. The lowest BCUT2D eigenvalue weighted by molar-refractivity contribution is -0.383. The van der Waals surface area contributed by atoms with Gasteiger partial charge in [0.1, 0.15) is 4.70 Å². The molecule has 12 heteroatoms. The highest BCUT2D eigenvalue weighted by Gasteiger charge is 2.34. The van der Waals surface area contributed by atoms with E-state index >= 15 is 0 Å². The molecule has 0 amide bonds. The first kappa shape index (κ1) is 26.0. The average molecular weight is 522 g/mol. The fraction of sp³-hybridized carbons (Fsp3) is 0.417. The standard InChI is InChI=1S/C24H26F3N5O3S/c1-23(2,3)16-6-4-15(5-7-16)14-28-31-10-8-30(9-11-31)22-29-21(33)18-12-17(24(25,26)27)13-19(32(34)35)20(18)36-22/h4-7,12-13,28H,8-11,14H2,1-3H3. The molecule has 2 heterocycles. The van der Waals surface area contributed by atoms with Crippen molar-refractivity contribution in [1.29, 1.82) is 0 Å². The molecule has 0 atom stereocenters. The van der Waals surface area contributed by atoms with E-state index in [1.807, 2.05) is 4.90 Å². The van der Waals surface area contributed by atoms with E-state index in [0.29, 0.717) is 44.9 Å². The normalized spacial score (nSPS) is 15.4. The number of halogens is 3. The molecule has 36 heavy (non-hydrogen) atoms. The number of non-ortho nitro benzene ring substituents is 1. The van der Waals surface area contributed by atoms with E-state index < -0.39 is 33.3 Å². The highest BCUT2D eigenvalue weighted by Crippen LogP contribution is 2.38. The summed E-state index contributed by atoms with van der Waals surface area (Å²) < 4.78 is 39.4. The van der Waals surface area contributed by atoms with Crippen molar-refractivity contribution in [1.82, 2.24) is 15.4 Å². The molecular weight excluding hydrogens is 495 g/mol. The Labute approximate surface area is 209 Å². The molecular formula is C24H26F3N5O3S. The molecule has 0 saturated carbocycles. The summed E-state index contributed by atoms with van der Waals surface area (Å²) >= 11 is 0.863. The molecule has 1 saturated heterocycles. The van der Waals surface area contributed by atoms with Gasteiger partial charge in [-0.1, -0.05) is 56.4 Å². The first-order valence-corrected chi connectivity index (χ1v) is 12.2. The van der Waals surface area contributed by atoms with E-state index in [2.05, 4.69) is 60.5 Å². The summed E-state index contributed by atoms with van der Waals surface area (Å²) in [4.78, 5) is 28.9. The Morgan fingerprint density at radius 2 is 1.69 bits per heavy atom. The quantitative estimate of drug-likeness (QED) is 0.384. The van der Waals surface area contributed by atoms with E-state index in [9.17, 15) is 28.1 Å². The molecule has 8 nitrogen and oxygen atoms in total. The van der Waals surface area contributed by atoms with Crippen LogP contribution in [0.1, 0.15) is 37.5 Å². The van der Waals surface area contributed by atoms with Crippen LogP contribution in [0.5, 0.6) is 0 Å². The van der Waals surface area contributed by atoms with Crippen LogP contribution < -0.4 is 15.9 Å². The van der Waals surface area contributed by atoms with Gasteiger partial charge in [-0.25, -0.2) is 5.01 Å². The second kappa shape index (κ2) is 9.75. The minimum absolute atomic E-state index is 0.0884. The molecule has 1 aliphatic rings. The smallest absolute Gasteiger partial charge is 0.345 e. The summed E-state index contributed by atoms with van der Waals surface area (Å²) in [7, 11) is 0. The Hall–Kier alpha value is -3.09. The Morgan fingerprint density at radius 1 is 1.06 bits per heavy atom. The number of nitro benzene ring substituents is 1. The van der Waals surface area contributed by atoms with Crippen LogP contribution in [-0.2, 0) is 18.1 Å². The fourth-order valence-electron chi connectivity index (χ4n) is 3.96. The number of rotatable bonds is 5. The topological polar surface area (TPSA) is 91.6 Å². The predicted molar refractivity (Wildman–Crippen MR) is 133 cm³/mol. The number of benzene rings is 2. The first-order valence-electron chi connectivity index (χ1n) is 11.4. The molecule has 0 radical (unpaired) electrons. The number of fused-ring (bicyclic) bond motifs is 1. The Bertz CT molecular complexity index is 1330. The number of piperazine rings is 1. The summed E-state index contributed by atoms with van der Waals surface area (Å²) in [5.41, 5.74) is 2.98. The number of nitro groups is 1. The van der Waals surface area contributed by atoms with Gasteiger partial charge in [-0.2, -0.15) is 18.2 Å². The molecule has 3 aromatic rings. The maximum atomic E-state index is 13.2. The van der Waals surface area contributed by atoms with Gasteiger partial charge in [0.25, 0.3) is 11.2 Å². The molecule has 1 fully saturated rings. The highest BCUT2D eigenvalue weighted by atomic mass is 32.1. The molecule has 0 unspecified atom stereocenters. The molecule has 4 rings (SSSR count). The number of anilines is 1. The number of nitrogens with one attached hydrogen (secondary N) is 1. The molecule has 2 aromatic carbocycles. The molecule has 0 bridgehead atoms. The van der Waals surface area contributed by atoms with E-state index in [1.54, 1.807) is 0 Å². The van der Waals surface area contributed by atoms with E-state index in [4.69, 9.17) is 0 Å². The van der Waals surface area contributed by atoms with E-state index in [1.165, 1.54) is 5.56 Å². The van der Waals surface area contributed by atoms with Crippen LogP contribution in [0.25, 0.3) is 10.1 Å². The number of alkyl halides is 3. The maximum Gasteiger partial charge on any atom is 0.416 e. The molecule has 1 N–H and O–H groups in total. The van der Waals surface area contributed by atoms with Gasteiger partial charge in [0.15, 0.2) is 5.13 Å². The second-order valence-corrected chi connectivity index (χ2v) is 10.7. The number of hydrogen-bond donors (Lipinski definition) is 1. The third kappa shape index (κ3) is 5.66. The van der Waals surface area contributed by atoms with E-state index in [0.717, 1.165) is 16.9 Å². The summed E-state index contributed by atoms with van der Waals surface area (Å²) in [5, 5.41) is 13.4. The molecule has 1 aromatic heterocycles. The molecule has 1 aliphatic heterocycles. The number of nitrogens with zero attached hydrogens (tertiary/aromatic N) is 4. The summed E-state index contributed by atoms with van der Waals surface area (Å²) in [6.07, 6.45) is -4.81. The van der Waals surface area contributed by atoms with Gasteiger partial charge in [-0.05, 0) is 22.6 Å². The van der Waals surface area contributed by atoms with Crippen LogP contribution in [-0.4, -0.2) is 41.1 Å². The van der Waals surface area contributed by atoms with Crippen LogP contribution >= 0.6 is 11.3 Å². The van der Waals surface area contributed by atoms with Crippen molar-refractivity contribution < 1.29 is 18.1 Å². The Kier molecular flexibility index (Phi) is 7.04. The van der Waals surface area contributed by atoms with Crippen LogP contribution in [0.2, 0.25) is 0 Å². The summed E-state index contributed by atoms with van der Waals surface area (Å²) in [5.74, 6) is 0. The maximum absolute atomic E-state index is 13.2. The van der Waals surface area contributed by atoms with E-state index in [-0.39, 0.29) is 15.2 Å². The van der Waals surface area contributed by atoms with Gasteiger partial charge in [0.05, 0.1) is 15.9 Å². The van der Waals surface area contributed by atoms with Crippen molar-refractivity contribution in [2.24, 2.45) is 0 Å². The van der Waals surface area contributed by atoms with Crippen LogP contribution in [0.15, 0.2) is 41.2 Å². The lowest BCUT2D eigenvalue weighted by Crippen LogP contribution is -2.52. The lowest BCUT2D eigenvalue weighted by Gasteiger charge is -2.35. The van der Waals surface area contributed by atoms with Crippen molar-refractivity contribution in [3.05, 3.63) is 73.6 Å². The zero-order chi connectivity index (χ0) is 26.3. The van der Waals surface area contributed by atoms with Crippen LogP contribution in [0.4, 0.5) is 24.0 Å². The van der Waals surface area contributed by atoms with Crippen molar-refractivity contribution >= 4 is 32.2 Å². The third-order valence-corrected chi connectivity index (χ3v) is 7.26. The zero-order valence-corrected chi connectivity index (χ0v) is 20.9. The fourth-order valence-corrected chi connectivity index (χ4v) is 5.07. The van der Waals surface area contributed by atoms with Crippen molar-refractivity contribution in [2.45, 2.75) is 38.9 Å². The zero-order valence-electron chi connectivity index (χ0n) is 20.1. The predicted octanol–water partition coefficient (Wildman–Crippen LogP) is 4.71. The van der Waals surface area contributed by atoms with Crippen LogP contribution in [0, 0.1) is 10.1 Å². The second-order valence-electron chi connectivity index (χ2n) is 9.68. The lowest BCUT2D eigenvalue weighted by atomic mass is 9.87. The van der Waals surface area contributed by atoms with Crippen molar-refractivity contribution in [2.75, 3.05) is 31.1 Å². The SMILES string of the molecule is CC(C)(C)c1ccc(CNN2CCN(c3nc(=O)c4cc(C(F)(F)F)cc([N+](=O)[O-])c4s3)CC2)cc1. The Morgan fingerprint density at radius 3 is 2.25 bits per heavy atom. The molecule has 192 valence electrons. The van der Waals surface area contributed by atoms with Crippen molar-refractivity contribution in [3.8, 4) is 0 Å².